The molecule has 0 bridgehead atoms. The second-order valence-electron chi connectivity index (χ2n) is 8.23. The van der Waals surface area contributed by atoms with E-state index in [1.165, 1.54) is 19.1 Å². The summed E-state index contributed by atoms with van der Waals surface area (Å²) in [5, 5.41) is 0.0869. The number of hydrogen-bond donors (Lipinski definition) is 0. The van der Waals surface area contributed by atoms with E-state index < -0.39 is 42.0 Å². The molecule has 1 aromatic carbocycles. The molecule has 4 atom stereocenters. The van der Waals surface area contributed by atoms with Crippen molar-refractivity contribution in [1.29, 1.82) is 0 Å². The van der Waals surface area contributed by atoms with Crippen LogP contribution >= 0.6 is 23.2 Å². The fraction of sp³-hybridized carbons (Fsp3) is 0.538. The molecule has 0 spiro atoms. The van der Waals surface area contributed by atoms with E-state index in [1.807, 2.05) is 6.92 Å². The van der Waals surface area contributed by atoms with Gasteiger partial charge in [0.05, 0.1) is 23.5 Å². The molecule has 0 heterocycles. The highest BCUT2D eigenvalue weighted by atomic mass is 35.5. The van der Waals surface area contributed by atoms with Crippen molar-refractivity contribution in [2.24, 2.45) is 11.8 Å². The van der Waals surface area contributed by atoms with E-state index in [4.69, 9.17) is 42.1 Å². The Labute approximate surface area is 222 Å². The second-order valence-corrected chi connectivity index (χ2v) is 8.98. The molecule has 8 nitrogen and oxygen atoms in total. The summed E-state index contributed by atoms with van der Waals surface area (Å²) in [6.45, 7) is 13.6. The molecule has 0 amide bonds. The van der Waals surface area contributed by atoms with Crippen LogP contribution in [0.25, 0.3) is 0 Å². The summed E-state index contributed by atoms with van der Waals surface area (Å²) in [6, 6.07) is 2.99. The number of hydrogen-bond acceptors (Lipinski definition) is 8. The first-order chi connectivity index (χ1) is 16.9. The molecule has 0 saturated heterocycles. The molecule has 0 saturated carbocycles. The van der Waals surface area contributed by atoms with Crippen LogP contribution in [0, 0.1) is 11.8 Å². The summed E-state index contributed by atoms with van der Waals surface area (Å²) >= 11 is 12.5. The van der Waals surface area contributed by atoms with Crippen molar-refractivity contribution in [2.45, 2.75) is 66.6 Å². The molecule has 36 heavy (non-hydrogen) atoms. The minimum Gasteiger partial charge on any atom is -0.491 e. The molecule has 0 aliphatic carbocycles. The topological polar surface area (TPSA) is 105 Å². The van der Waals surface area contributed by atoms with Gasteiger partial charge in [0.2, 0.25) is 0 Å². The number of ether oxygens (including phenoxy) is 4. The van der Waals surface area contributed by atoms with Gasteiger partial charge in [-0.05, 0) is 58.2 Å². The van der Waals surface area contributed by atoms with Gasteiger partial charge < -0.3 is 18.9 Å². The minimum absolute atomic E-state index is 0.0407. The quantitative estimate of drug-likeness (QED) is 0.129. The monoisotopic (exact) mass is 544 g/mol. The van der Waals surface area contributed by atoms with Crippen LogP contribution in [0.5, 0.6) is 5.75 Å². The molecule has 1 rings (SSSR count). The van der Waals surface area contributed by atoms with Crippen molar-refractivity contribution < 1.29 is 38.1 Å². The van der Waals surface area contributed by atoms with Crippen LogP contribution in [0.15, 0.2) is 24.3 Å². The molecule has 1 aromatic rings. The van der Waals surface area contributed by atoms with Gasteiger partial charge in [-0.15, -0.1) is 0 Å². The number of carbonyl (C=O) groups is 4. The summed E-state index contributed by atoms with van der Waals surface area (Å²) in [5.74, 6) is -3.49. The Morgan fingerprint density at radius 3 is 2.11 bits per heavy atom. The number of rotatable bonds is 14. The van der Waals surface area contributed by atoms with Crippen LogP contribution in [0.4, 0.5) is 0 Å². The third kappa shape index (κ3) is 8.52. The molecular formula is C26H34Cl2O8. The molecule has 0 aliphatic heterocycles. The number of halogens is 2. The number of benzene rings is 1. The van der Waals surface area contributed by atoms with E-state index in [2.05, 4.69) is 6.58 Å². The molecular weight excluding hydrogens is 511 g/mol. The molecule has 0 radical (unpaired) electrons. The van der Waals surface area contributed by atoms with E-state index in [0.717, 1.165) is 0 Å². The maximum Gasteiger partial charge on any atom is 0.347 e. The molecule has 0 aromatic heterocycles. The van der Waals surface area contributed by atoms with Crippen molar-refractivity contribution in [1.82, 2.24) is 0 Å². The highest BCUT2D eigenvalue weighted by Gasteiger charge is 2.32. The van der Waals surface area contributed by atoms with E-state index in [9.17, 15) is 19.2 Å². The van der Waals surface area contributed by atoms with Crippen LogP contribution in [-0.4, -0.2) is 49.1 Å². The van der Waals surface area contributed by atoms with Crippen molar-refractivity contribution in [3.63, 3.8) is 0 Å². The fourth-order valence-corrected chi connectivity index (χ4v) is 3.55. The predicted octanol–water partition coefficient (Wildman–Crippen LogP) is 5.61. The highest BCUT2D eigenvalue weighted by molar-refractivity contribution is 6.45. The van der Waals surface area contributed by atoms with E-state index in [-0.39, 0.29) is 40.4 Å². The zero-order chi connectivity index (χ0) is 27.6. The van der Waals surface area contributed by atoms with Gasteiger partial charge in [0.15, 0.2) is 11.9 Å². The van der Waals surface area contributed by atoms with E-state index >= 15 is 0 Å². The molecule has 10 heteroatoms. The molecule has 2 unspecified atom stereocenters. The highest BCUT2D eigenvalue weighted by Crippen LogP contribution is 2.36. The van der Waals surface area contributed by atoms with Crippen molar-refractivity contribution in [3.05, 3.63) is 39.9 Å². The minimum atomic E-state index is -1.07. The number of carbonyl (C=O) groups excluding carboxylic acids is 4. The number of ketones is 1. The summed E-state index contributed by atoms with van der Waals surface area (Å²) in [7, 11) is 0. The van der Waals surface area contributed by atoms with E-state index in [1.54, 1.807) is 27.7 Å². The van der Waals surface area contributed by atoms with E-state index in [0.29, 0.717) is 18.4 Å². The zero-order valence-electron chi connectivity index (χ0n) is 21.5. The summed E-state index contributed by atoms with van der Waals surface area (Å²) in [5.41, 5.74) is 0.619. The Morgan fingerprint density at radius 2 is 1.56 bits per heavy atom. The van der Waals surface area contributed by atoms with Crippen molar-refractivity contribution in [2.75, 3.05) is 13.2 Å². The third-order valence-electron chi connectivity index (χ3n) is 5.45. The SMILES string of the molecule is C=C(CC)C(=O)c1ccc(OCC(C)C(=O)O[C@H](C)C(CC)C(=O)O[C@H](C)C(=O)OCC)c(Cl)c1Cl. The Balaban J connectivity index is 2.75. The summed E-state index contributed by atoms with van der Waals surface area (Å²) in [6.07, 6.45) is -1.07. The third-order valence-corrected chi connectivity index (χ3v) is 6.32. The maximum atomic E-state index is 12.6. The lowest BCUT2D eigenvalue weighted by molar-refractivity contribution is -0.174. The van der Waals surface area contributed by atoms with Gasteiger partial charge in [-0.2, -0.15) is 0 Å². The Bertz CT molecular complexity index is 975. The average Bonchev–Trinajstić information content (AvgIpc) is 2.84. The fourth-order valence-electron chi connectivity index (χ4n) is 3.09. The van der Waals surface area contributed by atoms with Gasteiger partial charge in [-0.25, -0.2) is 4.79 Å². The van der Waals surface area contributed by atoms with Crippen LogP contribution in [-0.2, 0) is 28.6 Å². The lowest BCUT2D eigenvalue weighted by Crippen LogP contribution is -2.36. The van der Waals surface area contributed by atoms with Gasteiger partial charge in [0, 0.05) is 5.56 Å². The van der Waals surface area contributed by atoms with Crippen molar-refractivity contribution in [3.8, 4) is 5.75 Å². The first-order valence-corrected chi connectivity index (χ1v) is 12.6. The lowest BCUT2D eigenvalue weighted by Gasteiger charge is -2.24. The van der Waals surface area contributed by atoms with Gasteiger partial charge in [-0.3, -0.25) is 14.4 Å². The van der Waals surface area contributed by atoms with Gasteiger partial charge in [-0.1, -0.05) is 43.6 Å². The molecule has 0 fully saturated rings. The van der Waals surface area contributed by atoms with Crippen molar-refractivity contribution >= 4 is 46.9 Å². The first-order valence-electron chi connectivity index (χ1n) is 11.8. The Morgan fingerprint density at radius 1 is 0.917 bits per heavy atom. The Kier molecular flexibility index (Phi) is 13.0. The largest absolute Gasteiger partial charge is 0.491 e. The van der Waals surface area contributed by atoms with Crippen LogP contribution in [0.3, 0.4) is 0 Å². The lowest BCUT2D eigenvalue weighted by atomic mass is 10.0. The molecule has 200 valence electrons. The maximum absolute atomic E-state index is 12.6. The van der Waals surface area contributed by atoms with Gasteiger partial charge in [0.1, 0.15) is 23.5 Å². The standard InChI is InChI=1S/C26H34Cl2O8/c1-8-14(4)23(29)19-11-12-20(22(28)21(19)27)34-13-15(5)24(30)35-16(6)18(9-2)26(32)36-17(7)25(31)33-10-3/h11-12,15-18H,4,8-10,13H2,1-3,5-7H3/t15?,16-,17-,18?/m1/s1. The normalized spacial score (nSPS) is 14.1. The molecule has 0 N–H and O–H groups in total. The predicted molar refractivity (Wildman–Crippen MR) is 136 cm³/mol. The average molecular weight is 545 g/mol. The van der Waals surface area contributed by atoms with Gasteiger partial charge >= 0.3 is 17.9 Å². The Hall–Kier alpha value is -2.58. The first kappa shape index (κ1) is 31.4. The van der Waals surface area contributed by atoms with Gasteiger partial charge in [0.25, 0.3) is 0 Å². The summed E-state index contributed by atoms with van der Waals surface area (Å²) < 4.78 is 21.1. The van der Waals surface area contributed by atoms with Crippen LogP contribution in [0.2, 0.25) is 10.0 Å². The zero-order valence-corrected chi connectivity index (χ0v) is 23.0. The molecule has 0 aliphatic rings. The number of esters is 3. The van der Waals surface area contributed by atoms with Crippen LogP contribution < -0.4 is 4.74 Å². The smallest absolute Gasteiger partial charge is 0.347 e. The number of Topliss-reactive ketones (excluding diaryl/α,β-unsaturated/α-hetero) is 1. The van der Waals surface area contributed by atoms with Crippen LogP contribution in [0.1, 0.15) is 64.7 Å². The number of allylic oxidation sites excluding steroid dienone is 1. The second kappa shape index (κ2) is 14.9. The summed E-state index contributed by atoms with van der Waals surface area (Å²) in [4.78, 5) is 49.2.